The fourth-order valence-electron chi connectivity index (χ4n) is 2.66. The molecule has 1 aromatic carbocycles. The third-order valence-corrected chi connectivity index (χ3v) is 4.33. The molecule has 0 bridgehead atoms. The van der Waals surface area contributed by atoms with Gasteiger partial charge in [0.15, 0.2) is 0 Å². The molecule has 1 heterocycles. The highest BCUT2D eigenvalue weighted by Gasteiger charge is 2.25. The van der Waals surface area contributed by atoms with Crippen molar-refractivity contribution in [3.8, 4) is 5.75 Å². The van der Waals surface area contributed by atoms with Crippen molar-refractivity contribution in [1.82, 2.24) is 9.88 Å². The molecule has 4 nitrogen and oxygen atoms in total. The molecule has 1 aromatic heterocycles. The van der Waals surface area contributed by atoms with Crippen LogP contribution in [0.4, 0.5) is 0 Å². The van der Waals surface area contributed by atoms with Crippen LogP contribution in [0.5, 0.6) is 5.75 Å². The lowest BCUT2D eigenvalue weighted by Gasteiger charge is -2.14. The van der Waals surface area contributed by atoms with Crippen molar-refractivity contribution in [3.63, 3.8) is 0 Å². The Hall–Kier alpha value is -1.81. The van der Waals surface area contributed by atoms with Gasteiger partial charge in [-0.15, -0.1) is 0 Å². The molecule has 4 heteroatoms. The monoisotopic (exact) mass is 300 g/mol. The number of H-pyrrole nitrogens is 1. The number of aromatic amines is 1. The van der Waals surface area contributed by atoms with Crippen molar-refractivity contribution in [2.24, 2.45) is 5.92 Å². The summed E-state index contributed by atoms with van der Waals surface area (Å²) in [6.45, 7) is 4.76. The number of nitrogens with one attached hydrogen (secondary N) is 1. The zero-order chi connectivity index (χ0) is 15.7. The topological polar surface area (TPSA) is 45.3 Å². The lowest BCUT2D eigenvalue weighted by atomic mass is 10.1. The first-order chi connectivity index (χ1) is 10.5. The Labute approximate surface area is 131 Å². The van der Waals surface area contributed by atoms with E-state index in [9.17, 15) is 4.79 Å². The minimum absolute atomic E-state index is 0.118. The second kappa shape index (κ2) is 6.13. The molecule has 1 saturated carbocycles. The SMILES string of the molecule is CC(C)C(=O)Oc1ccc2c(CCN(C)C3CC3)c[nH]c2c1. The van der Waals surface area contributed by atoms with Crippen LogP contribution in [0.3, 0.4) is 0 Å². The van der Waals surface area contributed by atoms with E-state index in [1.165, 1.54) is 23.8 Å². The molecule has 0 spiro atoms. The quantitative estimate of drug-likeness (QED) is 0.657. The standard InChI is InChI=1S/C18H24N2O2/c1-12(2)18(21)22-15-6-7-16-13(11-19-17(16)10-15)8-9-20(3)14-4-5-14/h6-7,10-12,14,19H,4-5,8-9H2,1-3H3. The summed E-state index contributed by atoms with van der Waals surface area (Å²) in [6.07, 6.45) is 5.79. The van der Waals surface area contributed by atoms with Gasteiger partial charge in [-0.2, -0.15) is 0 Å². The Morgan fingerprint density at radius 2 is 2.18 bits per heavy atom. The number of benzene rings is 1. The van der Waals surface area contributed by atoms with Crippen LogP contribution in [-0.2, 0) is 11.2 Å². The maximum absolute atomic E-state index is 11.7. The van der Waals surface area contributed by atoms with Crippen molar-refractivity contribution >= 4 is 16.9 Å². The van der Waals surface area contributed by atoms with E-state index < -0.39 is 0 Å². The second-order valence-electron chi connectivity index (χ2n) is 6.56. The fraction of sp³-hybridized carbons (Fsp3) is 0.500. The van der Waals surface area contributed by atoms with Gasteiger partial charge in [0.1, 0.15) is 5.75 Å². The third-order valence-electron chi connectivity index (χ3n) is 4.33. The number of rotatable bonds is 6. The van der Waals surface area contributed by atoms with E-state index in [1.807, 2.05) is 32.0 Å². The zero-order valence-electron chi connectivity index (χ0n) is 13.6. The van der Waals surface area contributed by atoms with Crippen LogP contribution in [0, 0.1) is 5.92 Å². The lowest BCUT2D eigenvalue weighted by molar-refractivity contribution is -0.137. The number of aromatic nitrogens is 1. The van der Waals surface area contributed by atoms with Gasteiger partial charge in [-0.3, -0.25) is 4.79 Å². The van der Waals surface area contributed by atoms with Crippen molar-refractivity contribution in [2.45, 2.75) is 39.2 Å². The number of fused-ring (bicyclic) bond motifs is 1. The summed E-state index contributed by atoms with van der Waals surface area (Å²) in [4.78, 5) is 17.4. The zero-order valence-corrected chi connectivity index (χ0v) is 13.6. The molecule has 1 fully saturated rings. The third kappa shape index (κ3) is 3.33. The normalized spacial score (nSPS) is 15.0. The minimum Gasteiger partial charge on any atom is -0.426 e. The second-order valence-corrected chi connectivity index (χ2v) is 6.56. The average Bonchev–Trinajstić information content (AvgIpc) is 3.26. The summed E-state index contributed by atoms with van der Waals surface area (Å²) in [5.41, 5.74) is 2.35. The van der Waals surface area contributed by atoms with E-state index in [-0.39, 0.29) is 11.9 Å². The van der Waals surface area contributed by atoms with Gasteiger partial charge in [-0.1, -0.05) is 13.8 Å². The Morgan fingerprint density at radius 1 is 1.41 bits per heavy atom. The predicted octanol–water partition coefficient (Wildman–Crippen LogP) is 3.37. The molecule has 0 aliphatic heterocycles. The molecular formula is C18H24N2O2. The number of nitrogens with zero attached hydrogens (tertiary/aromatic N) is 1. The Balaban J connectivity index is 1.70. The van der Waals surface area contributed by atoms with Crippen LogP contribution in [0.1, 0.15) is 32.3 Å². The van der Waals surface area contributed by atoms with Gasteiger partial charge in [0, 0.05) is 35.8 Å². The molecule has 0 saturated heterocycles. The van der Waals surface area contributed by atoms with Crippen LogP contribution in [0.25, 0.3) is 10.9 Å². The summed E-state index contributed by atoms with van der Waals surface area (Å²) in [6, 6.07) is 6.63. The molecule has 118 valence electrons. The smallest absolute Gasteiger partial charge is 0.313 e. The summed E-state index contributed by atoms with van der Waals surface area (Å²) in [5, 5.41) is 1.22. The lowest BCUT2D eigenvalue weighted by Crippen LogP contribution is -2.23. The Kier molecular flexibility index (Phi) is 4.21. The molecule has 0 radical (unpaired) electrons. The minimum atomic E-state index is -0.197. The molecule has 0 unspecified atom stereocenters. The van der Waals surface area contributed by atoms with E-state index in [1.54, 1.807) is 0 Å². The van der Waals surface area contributed by atoms with Crippen LogP contribution in [-0.4, -0.2) is 35.5 Å². The van der Waals surface area contributed by atoms with Gasteiger partial charge in [0.05, 0.1) is 5.92 Å². The first kappa shape index (κ1) is 15.1. The predicted molar refractivity (Wildman–Crippen MR) is 88.1 cm³/mol. The van der Waals surface area contributed by atoms with Crippen molar-refractivity contribution in [3.05, 3.63) is 30.0 Å². The summed E-state index contributed by atoms with van der Waals surface area (Å²) in [5.74, 6) is 0.291. The van der Waals surface area contributed by atoms with Crippen LogP contribution in [0.15, 0.2) is 24.4 Å². The molecule has 0 atom stereocenters. The Bertz CT molecular complexity index is 671. The number of carbonyl (C=O) groups is 1. The number of carbonyl (C=O) groups excluding carboxylic acids is 1. The van der Waals surface area contributed by atoms with Crippen LogP contribution >= 0.6 is 0 Å². The van der Waals surface area contributed by atoms with Gasteiger partial charge in [0.25, 0.3) is 0 Å². The van der Waals surface area contributed by atoms with Crippen molar-refractivity contribution in [2.75, 3.05) is 13.6 Å². The fourth-order valence-corrected chi connectivity index (χ4v) is 2.66. The van der Waals surface area contributed by atoms with Gasteiger partial charge >= 0.3 is 5.97 Å². The number of hydrogen-bond donors (Lipinski definition) is 1. The van der Waals surface area contributed by atoms with E-state index in [2.05, 4.69) is 23.1 Å². The molecular weight excluding hydrogens is 276 g/mol. The number of likely N-dealkylation sites (N-methyl/N-ethyl adjacent to an activating group) is 1. The number of hydrogen-bond acceptors (Lipinski definition) is 3. The summed E-state index contributed by atoms with van der Waals surface area (Å²) < 4.78 is 5.36. The van der Waals surface area contributed by atoms with Gasteiger partial charge in [-0.05, 0) is 44.0 Å². The largest absolute Gasteiger partial charge is 0.426 e. The van der Waals surface area contributed by atoms with Gasteiger partial charge < -0.3 is 14.6 Å². The highest BCUT2D eigenvalue weighted by atomic mass is 16.5. The van der Waals surface area contributed by atoms with E-state index >= 15 is 0 Å². The summed E-state index contributed by atoms with van der Waals surface area (Å²) in [7, 11) is 2.20. The number of ether oxygens (including phenoxy) is 1. The highest BCUT2D eigenvalue weighted by Crippen LogP contribution is 2.27. The Morgan fingerprint density at radius 3 is 2.86 bits per heavy atom. The molecule has 1 N–H and O–H groups in total. The average molecular weight is 300 g/mol. The van der Waals surface area contributed by atoms with E-state index in [0.717, 1.165) is 24.5 Å². The maximum Gasteiger partial charge on any atom is 0.313 e. The molecule has 1 aliphatic rings. The van der Waals surface area contributed by atoms with Gasteiger partial charge in [-0.25, -0.2) is 0 Å². The van der Waals surface area contributed by atoms with Crippen molar-refractivity contribution in [1.29, 1.82) is 0 Å². The van der Waals surface area contributed by atoms with Gasteiger partial charge in [0.2, 0.25) is 0 Å². The first-order valence-corrected chi connectivity index (χ1v) is 8.06. The first-order valence-electron chi connectivity index (χ1n) is 8.06. The molecule has 1 aliphatic carbocycles. The molecule has 0 amide bonds. The van der Waals surface area contributed by atoms with Crippen molar-refractivity contribution < 1.29 is 9.53 Å². The van der Waals surface area contributed by atoms with Crippen LogP contribution in [0.2, 0.25) is 0 Å². The number of esters is 1. The van der Waals surface area contributed by atoms with Crippen LogP contribution < -0.4 is 4.74 Å². The van der Waals surface area contributed by atoms with E-state index in [0.29, 0.717) is 5.75 Å². The van der Waals surface area contributed by atoms with E-state index in [4.69, 9.17) is 4.74 Å². The molecule has 2 aromatic rings. The molecule has 22 heavy (non-hydrogen) atoms. The maximum atomic E-state index is 11.7. The molecule has 3 rings (SSSR count). The highest BCUT2D eigenvalue weighted by molar-refractivity contribution is 5.85. The summed E-state index contributed by atoms with van der Waals surface area (Å²) >= 11 is 0.